The molecule has 5 nitrogen and oxygen atoms in total. The molecule has 0 bridgehead atoms. The molecule has 2 N–H and O–H groups in total. The van der Waals surface area contributed by atoms with Crippen molar-refractivity contribution in [2.24, 2.45) is 0 Å². The molecule has 0 fully saturated rings. The standard InChI is InChI=1S/C9H15BrN4O/c1-14(2)5-3-4-11-9(15)8-7(10)6-12-13-8/h6H,3-5H2,1-2H3,(H,11,15)(H,12,13). The lowest BCUT2D eigenvalue weighted by Gasteiger charge is -2.09. The largest absolute Gasteiger partial charge is 0.351 e. The normalized spacial score (nSPS) is 10.7. The van der Waals surface area contributed by atoms with Crippen molar-refractivity contribution in [1.82, 2.24) is 20.4 Å². The van der Waals surface area contributed by atoms with Crippen molar-refractivity contribution in [2.45, 2.75) is 6.42 Å². The molecule has 0 aliphatic heterocycles. The molecule has 0 spiro atoms. The molecule has 0 atom stereocenters. The molecule has 1 aromatic rings. The minimum absolute atomic E-state index is 0.127. The number of rotatable bonds is 5. The Bertz CT molecular complexity index is 324. The number of amides is 1. The third-order valence-corrected chi connectivity index (χ3v) is 2.49. The molecule has 0 radical (unpaired) electrons. The van der Waals surface area contributed by atoms with Gasteiger partial charge in [-0.15, -0.1) is 0 Å². The average molecular weight is 275 g/mol. The van der Waals surface area contributed by atoms with Crippen molar-refractivity contribution < 1.29 is 4.79 Å². The van der Waals surface area contributed by atoms with Crippen LogP contribution in [0.1, 0.15) is 16.9 Å². The summed E-state index contributed by atoms with van der Waals surface area (Å²) in [6.07, 6.45) is 2.50. The van der Waals surface area contributed by atoms with Crippen LogP contribution in [0, 0.1) is 0 Å². The second-order valence-corrected chi connectivity index (χ2v) is 4.36. The molecule has 0 saturated heterocycles. The van der Waals surface area contributed by atoms with Crippen LogP contribution >= 0.6 is 15.9 Å². The number of nitrogens with one attached hydrogen (secondary N) is 2. The molecule has 1 amide bonds. The summed E-state index contributed by atoms with van der Waals surface area (Å²) < 4.78 is 0.688. The first-order valence-electron chi connectivity index (χ1n) is 4.73. The highest BCUT2D eigenvalue weighted by atomic mass is 79.9. The molecule has 0 unspecified atom stereocenters. The summed E-state index contributed by atoms with van der Waals surface area (Å²) in [6, 6.07) is 0. The summed E-state index contributed by atoms with van der Waals surface area (Å²) in [4.78, 5) is 13.6. The first-order chi connectivity index (χ1) is 7.11. The van der Waals surface area contributed by atoms with Crippen molar-refractivity contribution in [3.8, 4) is 0 Å². The lowest BCUT2D eigenvalue weighted by Crippen LogP contribution is -2.27. The number of carbonyl (C=O) groups is 1. The van der Waals surface area contributed by atoms with Crippen LogP contribution in [0.5, 0.6) is 0 Å². The van der Waals surface area contributed by atoms with Crippen LogP contribution in [-0.4, -0.2) is 48.2 Å². The van der Waals surface area contributed by atoms with E-state index in [1.807, 2.05) is 14.1 Å². The number of aromatic nitrogens is 2. The molecule has 84 valence electrons. The number of aromatic amines is 1. The van der Waals surface area contributed by atoms with Crippen molar-refractivity contribution in [3.63, 3.8) is 0 Å². The van der Waals surface area contributed by atoms with Crippen LogP contribution in [-0.2, 0) is 0 Å². The van der Waals surface area contributed by atoms with Gasteiger partial charge in [-0.2, -0.15) is 5.10 Å². The fourth-order valence-electron chi connectivity index (χ4n) is 1.12. The predicted octanol–water partition coefficient (Wildman–Crippen LogP) is 0.854. The number of H-pyrrole nitrogens is 1. The molecule has 6 heteroatoms. The monoisotopic (exact) mass is 274 g/mol. The van der Waals surface area contributed by atoms with E-state index in [1.165, 1.54) is 0 Å². The molecular formula is C9H15BrN4O. The van der Waals surface area contributed by atoms with Gasteiger partial charge in [-0.3, -0.25) is 9.89 Å². The van der Waals surface area contributed by atoms with Crippen LogP contribution < -0.4 is 5.32 Å². The summed E-state index contributed by atoms with van der Waals surface area (Å²) in [5.74, 6) is -0.127. The van der Waals surface area contributed by atoms with Crippen molar-refractivity contribution >= 4 is 21.8 Å². The Balaban J connectivity index is 2.28. The fraction of sp³-hybridized carbons (Fsp3) is 0.556. The van der Waals surface area contributed by atoms with Gasteiger partial charge in [-0.1, -0.05) is 0 Å². The Hall–Kier alpha value is -0.880. The second-order valence-electron chi connectivity index (χ2n) is 3.51. The summed E-state index contributed by atoms with van der Waals surface area (Å²) in [5.41, 5.74) is 0.472. The maximum absolute atomic E-state index is 11.5. The lowest BCUT2D eigenvalue weighted by molar-refractivity contribution is 0.0946. The van der Waals surface area contributed by atoms with Crippen molar-refractivity contribution in [3.05, 3.63) is 16.4 Å². The molecule has 0 saturated carbocycles. The third-order valence-electron chi connectivity index (χ3n) is 1.89. The third kappa shape index (κ3) is 4.01. The minimum Gasteiger partial charge on any atom is -0.351 e. The van der Waals surface area contributed by atoms with Crippen LogP contribution in [0.15, 0.2) is 10.7 Å². The van der Waals surface area contributed by atoms with Gasteiger partial charge in [0.25, 0.3) is 5.91 Å². The second kappa shape index (κ2) is 5.87. The number of carbonyl (C=O) groups excluding carboxylic acids is 1. The van der Waals surface area contributed by atoms with E-state index in [-0.39, 0.29) is 5.91 Å². The van der Waals surface area contributed by atoms with Gasteiger partial charge in [0, 0.05) is 6.54 Å². The quantitative estimate of drug-likeness (QED) is 0.783. The highest BCUT2D eigenvalue weighted by Crippen LogP contribution is 2.11. The Labute approximate surface area is 97.4 Å². The molecular weight excluding hydrogens is 260 g/mol. The van der Waals surface area contributed by atoms with Gasteiger partial charge in [0.15, 0.2) is 0 Å². The molecule has 1 rings (SSSR count). The summed E-state index contributed by atoms with van der Waals surface area (Å²) >= 11 is 3.24. The molecule has 0 aliphatic carbocycles. The van der Waals surface area contributed by atoms with Gasteiger partial charge in [-0.05, 0) is 43.0 Å². The maximum Gasteiger partial charge on any atom is 0.270 e. The molecule has 1 aromatic heterocycles. The zero-order valence-corrected chi connectivity index (χ0v) is 10.5. The Morgan fingerprint density at radius 3 is 2.93 bits per heavy atom. The van der Waals surface area contributed by atoms with Crippen LogP contribution in [0.25, 0.3) is 0 Å². The number of hydrogen-bond donors (Lipinski definition) is 2. The number of halogens is 1. The predicted molar refractivity (Wildman–Crippen MR) is 61.8 cm³/mol. The van der Waals surface area contributed by atoms with Gasteiger partial charge in [-0.25, -0.2) is 0 Å². The van der Waals surface area contributed by atoms with E-state index in [4.69, 9.17) is 0 Å². The minimum atomic E-state index is -0.127. The fourth-order valence-corrected chi connectivity index (χ4v) is 1.49. The van der Waals surface area contributed by atoms with E-state index in [0.29, 0.717) is 16.7 Å². The van der Waals surface area contributed by atoms with Crippen LogP contribution in [0.3, 0.4) is 0 Å². The molecule has 0 aromatic carbocycles. The Morgan fingerprint density at radius 2 is 2.40 bits per heavy atom. The topological polar surface area (TPSA) is 61.0 Å². The molecule has 15 heavy (non-hydrogen) atoms. The molecule has 1 heterocycles. The van der Waals surface area contributed by atoms with Gasteiger partial charge >= 0.3 is 0 Å². The highest BCUT2D eigenvalue weighted by Gasteiger charge is 2.10. The summed E-state index contributed by atoms with van der Waals surface area (Å²) in [7, 11) is 4.01. The van der Waals surface area contributed by atoms with E-state index in [0.717, 1.165) is 13.0 Å². The lowest BCUT2D eigenvalue weighted by atomic mass is 10.3. The van der Waals surface area contributed by atoms with Crippen molar-refractivity contribution in [2.75, 3.05) is 27.2 Å². The Morgan fingerprint density at radius 1 is 1.67 bits per heavy atom. The first kappa shape index (κ1) is 12.2. The average Bonchev–Trinajstić information content (AvgIpc) is 2.58. The zero-order chi connectivity index (χ0) is 11.3. The van der Waals surface area contributed by atoms with Gasteiger partial charge in [0.05, 0.1) is 10.7 Å². The van der Waals surface area contributed by atoms with Gasteiger partial charge < -0.3 is 10.2 Å². The first-order valence-corrected chi connectivity index (χ1v) is 5.52. The van der Waals surface area contributed by atoms with E-state index in [1.54, 1.807) is 6.20 Å². The van der Waals surface area contributed by atoms with Gasteiger partial charge in [0.1, 0.15) is 5.69 Å². The number of hydrogen-bond acceptors (Lipinski definition) is 3. The van der Waals surface area contributed by atoms with E-state index in [9.17, 15) is 4.79 Å². The van der Waals surface area contributed by atoms with E-state index >= 15 is 0 Å². The van der Waals surface area contributed by atoms with Gasteiger partial charge in [0.2, 0.25) is 0 Å². The van der Waals surface area contributed by atoms with Crippen molar-refractivity contribution in [1.29, 1.82) is 0 Å². The van der Waals surface area contributed by atoms with Crippen LogP contribution in [0.2, 0.25) is 0 Å². The van der Waals surface area contributed by atoms with E-state index in [2.05, 4.69) is 36.3 Å². The SMILES string of the molecule is CN(C)CCCNC(=O)c1[nH]ncc1Br. The maximum atomic E-state index is 11.5. The van der Waals surface area contributed by atoms with Crippen LogP contribution in [0.4, 0.5) is 0 Å². The van der Waals surface area contributed by atoms with E-state index < -0.39 is 0 Å². The molecule has 0 aliphatic rings. The Kier molecular flexibility index (Phi) is 4.77. The summed E-state index contributed by atoms with van der Waals surface area (Å²) in [6.45, 7) is 1.63. The zero-order valence-electron chi connectivity index (χ0n) is 8.88. The number of nitrogens with zero attached hydrogens (tertiary/aromatic N) is 2. The highest BCUT2D eigenvalue weighted by molar-refractivity contribution is 9.10. The smallest absolute Gasteiger partial charge is 0.270 e. The summed E-state index contributed by atoms with van der Waals surface area (Å²) in [5, 5.41) is 9.21.